The minimum Gasteiger partial charge on any atom is -0.396 e. The number of hydrogen-bond acceptors (Lipinski definition) is 2. The Hall–Kier alpha value is -0.600. The van der Waals surface area contributed by atoms with E-state index in [0.29, 0.717) is 11.8 Å². The summed E-state index contributed by atoms with van der Waals surface area (Å²) in [7, 11) is 0. The fourth-order valence-corrected chi connectivity index (χ4v) is 3.65. The second-order valence-corrected chi connectivity index (χ2v) is 6.48. The molecule has 0 unspecified atom stereocenters. The molecule has 0 aliphatic heterocycles. The number of unbranched alkanes of at least 4 members (excludes halogenated alkanes) is 6. The van der Waals surface area contributed by atoms with Gasteiger partial charge in [-0.1, -0.05) is 57.3 Å². The lowest BCUT2D eigenvalue weighted by Gasteiger charge is -2.20. The SMILES string of the molecule is C=C[C@@H]1C[C@H](C=CCCCCCCCC)[C@@H](CO)[C@H]1CO. The minimum atomic E-state index is 0.156. The van der Waals surface area contributed by atoms with Crippen molar-refractivity contribution in [1.29, 1.82) is 0 Å². The Morgan fingerprint density at radius 1 is 0.952 bits per heavy atom. The van der Waals surface area contributed by atoms with Crippen LogP contribution in [0.3, 0.4) is 0 Å². The first-order valence-electron chi connectivity index (χ1n) is 8.79. The fourth-order valence-electron chi connectivity index (χ4n) is 3.65. The highest BCUT2D eigenvalue weighted by Crippen LogP contribution is 2.42. The van der Waals surface area contributed by atoms with E-state index in [-0.39, 0.29) is 25.0 Å². The fraction of sp³-hybridized carbons (Fsp3) is 0.789. The quantitative estimate of drug-likeness (QED) is 0.440. The normalized spacial score (nSPS) is 29.3. The van der Waals surface area contributed by atoms with Crippen LogP contribution >= 0.6 is 0 Å². The Morgan fingerprint density at radius 3 is 2.19 bits per heavy atom. The van der Waals surface area contributed by atoms with Crippen LogP contribution < -0.4 is 0 Å². The zero-order chi connectivity index (χ0) is 15.5. The number of allylic oxidation sites excluding steroid dienone is 3. The van der Waals surface area contributed by atoms with Crippen molar-refractivity contribution in [2.75, 3.05) is 13.2 Å². The first-order chi connectivity index (χ1) is 10.3. The average molecular weight is 294 g/mol. The molecule has 0 aromatic carbocycles. The molecule has 0 aromatic rings. The summed E-state index contributed by atoms with van der Waals surface area (Å²) in [6.45, 7) is 6.45. The van der Waals surface area contributed by atoms with Gasteiger partial charge in [0.25, 0.3) is 0 Å². The predicted octanol–water partition coefficient (Wildman–Crippen LogP) is 4.33. The summed E-state index contributed by atoms with van der Waals surface area (Å²) in [4.78, 5) is 0. The molecule has 0 aromatic heterocycles. The summed E-state index contributed by atoms with van der Waals surface area (Å²) in [6.07, 6.45) is 16.7. The van der Waals surface area contributed by atoms with Gasteiger partial charge >= 0.3 is 0 Å². The van der Waals surface area contributed by atoms with E-state index in [1.807, 2.05) is 6.08 Å². The van der Waals surface area contributed by atoms with Gasteiger partial charge in [0.1, 0.15) is 0 Å². The maximum absolute atomic E-state index is 9.60. The summed E-state index contributed by atoms with van der Waals surface area (Å²) in [6, 6.07) is 0. The van der Waals surface area contributed by atoms with E-state index in [1.165, 1.54) is 38.5 Å². The van der Waals surface area contributed by atoms with E-state index in [1.54, 1.807) is 0 Å². The zero-order valence-electron chi connectivity index (χ0n) is 13.7. The highest BCUT2D eigenvalue weighted by atomic mass is 16.3. The van der Waals surface area contributed by atoms with Crippen LogP contribution in [-0.2, 0) is 0 Å². The molecule has 1 fully saturated rings. The van der Waals surface area contributed by atoms with E-state index in [9.17, 15) is 10.2 Å². The second kappa shape index (κ2) is 11.0. The molecule has 1 rings (SSSR count). The lowest BCUT2D eigenvalue weighted by Crippen LogP contribution is -2.23. The van der Waals surface area contributed by atoms with E-state index in [2.05, 4.69) is 25.7 Å². The third-order valence-electron chi connectivity index (χ3n) is 5.03. The Kier molecular flexibility index (Phi) is 9.69. The molecule has 21 heavy (non-hydrogen) atoms. The minimum absolute atomic E-state index is 0.156. The summed E-state index contributed by atoms with van der Waals surface area (Å²) in [5.41, 5.74) is 0. The maximum Gasteiger partial charge on any atom is 0.0468 e. The van der Waals surface area contributed by atoms with E-state index in [0.717, 1.165) is 12.8 Å². The standard InChI is InChI=1S/C19H34O2/c1-3-5-6-7-8-9-10-11-12-17-13-16(4-2)18(14-20)19(17)15-21/h4,11-12,16-21H,2-3,5-10,13-15H2,1H3/t16-,17+,18+,19-/m1/s1. The van der Waals surface area contributed by atoms with Crippen molar-refractivity contribution < 1.29 is 10.2 Å². The van der Waals surface area contributed by atoms with Crippen LogP contribution in [0.4, 0.5) is 0 Å². The van der Waals surface area contributed by atoms with Crippen molar-refractivity contribution >= 4 is 0 Å². The van der Waals surface area contributed by atoms with Gasteiger partial charge in [-0.25, -0.2) is 0 Å². The lowest BCUT2D eigenvalue weighted by molar-refractivity contribution is 0.117. The van der Waals surface area contributed by atoms with Crippen LogP contribution in [-0.4, -0.2) is 23.4 Å². The van der Waals surface area contributed by atoms with Crippen molar-refractivity contribution in [3.63, 3.8) is 0 Å². The van der Waals surface area contributed by atoms with Gasteiger partial charge in [0, 0.05) is 13.2 Å². The van der Waals surface area contributed by atoms with Crippen molar-refractivity contribution in [3.05, 3.63) is 24.8 Å². The summed E-state index contributed by atoms with van der Waals surface area (Å²) in [5, 5.41) is 19.1. The average Bonchev–Trinajstić information content (AvgIpc) is 2.86. The molecular formula is C19H34O2. The van der Waals surface area contributed by atoms with Crippen LogP contribution in [0.15, 0.2) is 24.8 Å². The highest BCUT2D eigenvalue weighted by molar-refractivity contribution is 5.04. The smallest absolute Gasteiger partial charge is 0.0468 e. The van der Waals surface area contributed by atoms with Crippen LogP contribution in [0.25, 0.3) is 0 Å². The van der Waals surface area contributed by atoms with Crippen molar-refractivity contribution in [1.82, 2.24) is 0 Å². The molecule has 122 valence electrons. The van der Waals surface area contributed by atoms with Gasteiger partial charge in [-0.2, -0.15) is 0 Å². The van der Waals surface area contributed by atoms with Gasteiger partial charge in [-0.05, 0) is 42.9 Å². The Morgan fingerprint density at radius 2 is 1.57 bits per heavy atom. The van der Waals surface area contributed by atoms with Crippen molar-refractivity contribution in [2.45, 2.75) is 58.3 Å². The van der Waals surface area contributed by atoms with E-state index in [4.69, 9.17) is 0 Å². The van der Waals surface area contributed by atoms with Crippen LogP contribution in [0, 0.1) is 23.7 Å². The lowest BCUT2D eigenvalue weighted by atomic mass is 9.88. The molecule has 0 bridgehead atoms. The van der Waals surface area contributed by atoms with Crippen molar-refractivity contribution in [2.24, 2.45) is 23.7 Å². The molecule has 2 nitrogen and oxygen atoms in total. The molecule has 1 saturated carbocycles. The summed E-state index contributed by atoms with van der Waals surface area (Å²) < 4.78 is 0. The maximum atomic E-state index is 9.60. The van der Waals surface area contributed by atoms with Gasteiger partial charge in [0.05, 0.1) is 0 Å². The van der Waals surface area contributed by atoms with Gasteiger partial charge in [-0.15, -0.1) is 6.58 Å². The molecular weight excluding hydrogens is 260 g/mol. The molecule has 4 atom stereocenters. The molecule has 0 radical (unpaired) electrons. The Labute approximate surface area is 131 Å². The number of rotatable bonds is 11. The molecule has 2 N–H and O–H groups in total. The summed E-state index contributed by atoms with van der Waals surface area (Å²) in [5.74, 6) is 1.11. The molecule has 0 spiro atoms. The second-order valence-electron chi connectivity index (χ2n) is 6.48. The van der Waals surface area contributed by atoms with Crippen LogP contribution in [0.2, 0.25) is 0 Å². The molecule has 1 aliphatic rings. The molecule has 1 aliphatic carbocycles. The molecule has 0 heterocycles. The third kappa shape index (κ3) is 5.96. The number of hydrogen-bond donors (Lipinski definition) is 2. The van der Waals surface area contributed by atoms with Crippen LogP contribution in [0.1, 0.15) is 58.3 Å². The van der Waals surface area contributed by atoms with E-state index < -0.39 is 0 Å². The first-order valence-corrected chi connectivity index (χ1v) is 8.79. The first kappa shape index (κ1) is 18.4. The summed E-state index contributed by atoms with van der Waals surface area (Å²) >= 11 is 0. The van der Waals surface area contributed by atoms with Gasteiger partial charge < -0.3 is 10.2 Å². The monoisotopic (exact) mass is 294 g/mol. The van der Waals surface area contributed by atoms with Crippen LogP contribution in [0.5, 0.6) is 0 Å². The van der Waals surface area contributed by atoms with Gasteiger partial charge in [0.2, 0.25) is 0 Å². The predicted molar refractivity (Wildman–Crippen MR) is 90.1 cm³/mol. The highest BCUT2D eigenvalue weighted by Gasteiger charge is 2.39. The number of aliphatic hydroxyl groups excluding tert-OH is 2. The Bertz CT molecular complexity index is 298. The zero-order valence-corrected chi connectivity index (χ0v) is 13.7. The molecule has 0 saturated heterocycles. The molecule has 0 amide bonds. The van der Waals surface area contributed by atoms with Gasteiger partial charge in [0.15, 0.2) is 0 Å². The van der Waals surface area contributed by atoms with E-state index >= 15 is 0 Å². The largest absolute Gasteiger partial charge is 0.396 e. The van der Waals surface area contributed by atoms with Gasteiger partial charge in [-0.3, -0.25) is 0 Å². The number of aliphatic hydroxyl groups is 2. The third-order valence-corrected chi connectivity index (χ3v) is 5.03. The van der Waals surface area contributed by atoms with Crippen molar-refractivity contribution in [3.8, 4) is 0 Å². The molecule has 2 heteroatoms. The topological polar surface area (TPSA) is 40.5 Å². The Balaban J connectivity index is 2.29.